The van der Waals surface area contributed by atoms with Gasteiger partial charge in [0.25, 0.3) is 0 Å². The molecule has 0 saturated heterocycles. The van der Waals surface area contributed by atoms with Gasteiger partial charge < -0.3 is 10.2 Å². The SMILES string of the molecule is CCC=[N+](CCO)CCO. The van der Waals surface area contributed by atoms with Gasteiger partial charge in [-0.25, -0.2) is 4.58 Å². The predicted molar refractivity (Wildman–Crippen MR) is 40.5 cm³/mol. The Morgan fingerprint density at radius 3 is 2.00 bits per heavy atom. The van der Waals surface area contributed by atoms with E-state index in [0.717, 1.165) is 6.42 Å². The molecule has 3 nitrogen and oxygen atoms in total. The molecule has 0 aliphatic carbocycles. The monoisotopic (exact) mass is 146 g/mol. The summed E-state index contributed by atoms with van der Waals surface area (Å²) in [4.78, 5) is 0. The molecule has 0 fully saturated rings. The lowest BCUT2D eigenvalue weighted by atomic mass is 10.5. The van der Waals surface area contributed by atoms with Gasteiger partial charge in [-0.15, -0.1) is 0 Å². The van der Waals surface area contributed by atoms with Crippen LogP contribution in [0.3, 0.4) is 0 Å². The van der Waals surface area contributed by atoms with E-state index in [4.69, 9.17) is 10.2 Å². The van der Waals surface area contributed by atoms with Gasteiger partial charge in [-0.1, -0.05) is 6.92 Å². The van der Waals surface area contributed by atoms with Crippen molar-refractivity contribution in [3.05, 3.63) is 0 Å². The molecule has 60 valence electrons. The van der Waals surface area contributed by atoms with Gasteiger partial charge >= 0.3 is 0 Å². The summed E-state index contributed by atoms with van der Waals surface area (Å²) in [7, 11) is 0. The van der Waals surface area contributed by atoms with Crippen LogP contribution in [0, 0.1) is 0 Å². The molecule has 0 saturated carbocycles. The summed E-state index contributed by atoms with van der Waals surface area (Å²) in [6.45, 7) is 3.57. The molecule has 0 aliphatic rings. The van der Waals surface area contributed by atoms with Crippen LogP contribution in [0.2, 0.25) is 0 Å². The number of aliphatic hydroxyl groups excluding tert-OH is 2. The molecule has 0 spiro atoms. The molecule has 0 unspecified atom stereocenters. The topological polar surface area (TPSA) is 43.5 Å². The van der Waals surface area contributed by atoms with Crippen LogP contribution in [0.25, 0.3) is 0 Å². The second kappa shape index (κ2) is 6.71. The molecule has 2 N–H and O–H groups in total. The van der Waals surface area contributed by atoms with Gasteiger partial charge in [0.2, 0.25) is 0 Å². The zero-order valence-electron chi connectivity index (χ0n) is 6.45. The van der Waals surface area contributed by atoms with Crippen LogP contribution in [0.5, 0.6) is 0 Å². The lowest BCUT2D eigenvalue weighted by Crippen LogP contribution is -2.20. The first kappa shape index (κ1) is 9.59. The van der Waals surface area contributed by atoms with Crippen molar-refractivity contribution in [1.82, 2.24) is 0 Å². The molecule has 0 heterocycles. The van der Waals surface area contributed by atoms with Crippen LogP contribution >= 0.6 is 0 Å². The third-order valence-electron chi connectivity index (χ3n) is 1.22. The normalized spacial score (nSPS) is 9.50. The molecule has 0 radical (unpaired) electrons. The molecule has 0 aromatic rings. The molecule has 0 atom stereocenters. The average Bonchev–Trinajstić information content (AvgIpc) is 1.90. The number of hydrogen-bond donors (Lipinski definition) is 2. The molecule has 10 heavy (non-hydrogen) atoms. The Morgan fingerprint density at radius 2 is 1.70 bits per heavy atom. The minimum absolute atomic E-state index is 0.149. The Bertz CT molecular complexity index is 93.8. The van der Waals surface area contributed by atoms with Crippen LogP contribution in [-0.4, -0.2) is 47.3 Å². The zero-order chi connectivity index (χ0) is 7.82. The second-order valence-electron chi connectivity index (χ2n) is 2.07. The van der Waals surface area contributed by atoms with Crippen LogP contribution in [0.15, 0.2) is 0 Å². The van der Waals surface area contributed by atoms with E-state index in [0.29, 0.717) is 13.1 Å². The molecule has 0 aliphatic heterocycles. The second-order valence-corrected chi connectivity index (χ2v) is 2.07. The maximum absolute atomic E-state index is 8.55. The van der Waals surface area contributed by atoms with Gasteiger partial charge in [-0.3, -0.25) is 0 Å². The van der Waals surface area contributed by atoms with Crippen molar-refractivity contribution in [2.75, 3.05) is 26.3 Å². The summed E-state index contributed by atoms with van der Waals surface area (Å²) in [5, 5.41) is 17.1. The molecule has 0 amide bonds. The highest BCUT2D eigenvalue weighted by Gasteiger charge is 1.98. The molecule has 0 aromatic carbocycles. The first-order chi connectivity index (χ1) is 4.85. The van der Waals surface area contributed by atoms with Crippen molar-refractivity contribution >= 4 is 6.21 Å². The van der Waals surface area contributed by atoms with Crippen molar-refractivity contribution in [2.24, 2.45) is 0 Å². The van der Waals surface area contributed by atoms with Crippen LogP contribution < -0.4 is 0 Å². The number of aliphatic hydroxyl groups is 2. The maximum atomic E-state index is 8.55. The number of nitrogens with zero attached hydrogens (tertiary/aromatic N) is 1. The molecular formula is C7H16NO2+. The van der Waals surface area contributed by atoms with Crippen LogP contribution in [0.1, 0.15) is 13.3 Å². The Balaban J connectivity index is 3.60. The van der Waals surface area contributed by atoms with Crippen molar-refractivity contribution in [3.63, 3.8) is 0 Å². The van der Waals surface area contributed by atoms with E-state index in [9.17, 15) is 0 Å². The van der Waals surface area contributed by atoms with Gasteiger partial charge in [-0.2, -0.15) is 0 Å². The van der Waals surface area contributed by atoms with E-state index in [1.165, 1.54) is 0 Å². The lowest BCUT2D eigenvalue weighted by molar-refractivity contribution is -0.528. The smallest absolute Gasteiger partial charge is 0.165 e. The van der Waals surface area contributed by atoms with Gasteiger partial charge in [0.15, 0.2) is 13.1 Å². The summed E-state index contributed by atoms with van der Waals surface area (Å²) in [5.41, 5.74) is 0. The van der Waals surface area contributed by atoms with Gasteiger partial charge in [0.05, 0.1) is 0 Å². The quantitative estimate of drug-likeness (QED) is 0.404. The standard InChI is InChI=1S/C7H16NO2/c1-2-3-8(4-6-9)5-7-10/h3,9-10H,2,4-7H2,1H3/q+1. The predicted octanol–water partition coefficient (Wildman–Crippen LogP) is -0.536. The fourth-order valence-corrected chi connectivity index (χ4v) is 0.809. The number of rotatable bonds is 5. The first-order valence-electron chi connectivity index (χ1n) is 3.64. The van der Waals surface area contributed by atoms with Crippen LogP contribution in [-0.2, 0) is 0 Å². The minimum Gasteiger partial charge on any atom is -0.390 e. The Kier molecular flexibility index (Phi) is 6.43. The lowest BCUT2D eigenvalue weighted by Gasteiger charge is -1.97. The summed E-state index contributed by atoms with van der Waals surface area (Å²) >= 11 is 0. The first-order valence-corrected chi connectivity index (χ1v) is 3.64. The van der Waals surface area contributed by atoms with E-state index in [1.807, 2.05) is 17.7 Å². The average molecular weight is 146 g/mol. The highest BCUT2D eigenvalue weighted by atomic mass is 16.3. The van der Waals surface area contributed by atoms with E-state index in [-0.39, 0.29) is 13.2 Å². The van der Waals surface area contributed by atoms with Crippen molar-refractivity contribution in [2.45, 2.75) is 13.3 Å². The Labute approximate surface area is 61.6 Å². The molecule has 0 rings (SSSR count). The Morgan fingerprint density at radius 1 is 1.20 bits per heavy atom. The van der Waals surface area contributed by atoms with Crippen molar-refractivity contribution in [1.29, 1.82) is 0 Å². The van der Waals surface area contributed by atoms with Crippen molar-refractivity contribution < 1.29 is 14.8 Å². The summed E-state index contributed by atoms with van der Waals surface area (Å²) in [5.74, 6) is 0. The number of hydrogen-bond acceptors (Lipinski definition) is 2. The van der Waals surface area contributed by atoms with E-state index in [1.54, 1.807) is 0 Å². The van der Waals surface area contributed by atoms with Gasteiger partial charge in [0.1, 0.15) is 19.4 Å². The van der Waals surface area contributed by atoms with Gasteiger partial charge in [-0.05, 0) is 0 Å². The summed E-state index contributed by atoms with van der Waals surface area (Å²) < 4.78 is 1.92. The highest BCUT2D eigenvalue weighted by Crippen LogP contribution is 1.75. The molecule has 0 bridgehead atoms. The minimum atomic E-state index is 0.149. The summed E-state index contributed by atoms with van der Waals surface area (Å²) in [6.07, 6.45) is 2.92. The van der Waals surface area contributed by atoms with Crippen molar-refractivity contribution in [3.8, 4) is 0 Å². The molecule has 0 aromatic heterocycles. The van der Waals surface area contributed by atoms with E-state index >= 15 is 0 Å². The Hall–Kier alpha value is -0.410. The maximum Gasteiger partial charge on any atom is 0.165 e. The fraction of sp³-hybridized carbons (Fsp3) is 0.857. The summed E-state index contributed by atoms with van der Waals surface area (Å²) in [6, 6.07) is 0. The third-order valence-corrected chi connectivity index (χ3v) is 1.22. The van der Waals surface area contributed by atoms with E-state index < -0.39 is 0 Å². The largest absolute Gasteiger partial charge is 0.390 e. The zero-order valence-corrected chi connectivity index (χ0v) is 6.45. The van der Waals surface area contributed by atoms with Gasteiger partial charge in [0, 0.05) is 6.42 Å². The molecule has 3 heteroatoms. The molecular weight excluding hydrogens is 130 g/mol. The third kappa shape index (κ3) is 4.47. The van der Waals surface area contributed by atoms with Crippen LogP contribution in [0.4, 0.5) is 0 Å². The fourth-order valence-electron chi connectivity index (χ4n) is 0.809. The highest BCUT2D eigenvalue weighted by molar-refractivity contribution is 5.50. The van der Waals surface area contributed by atoms with E-state index in [2.05, 4.69) is 0 Å².